The molecule has 170 valence electrons. The van der Waals surface area contributed by atoms with Gasteiger partial charge in [-0.05, 0) is 71.6 Å². The Morgan fingerprint density at radius 2 is 1.68 bits per heavy atom. The van der Waals surface area contributed by atoms with E-state index < -0.39 is 11.6 Å². The fourth-order valence-electron chi connectivity index (χ4n) is 4.20. The average Bonchev–Trinajstić information content (AvgIpc) is 3.23. The van der Waals surface area contributed by atoms with E-state index in [0.717, 1.165) is 40.8 Å². The molecule has 3 aromatic rings. The zero-order valence-corrected chi connectivity index (χ0v) is 19.9. The summed E-state index contributed by atoms with van der Waals surface area (Å²) in [6, 6.07) is 16.2. The number of aliphatic imine (C=N–C) groups is 1. The first-order chi connectivity index (χ1) is 16.6. The summed E-state index contributed by atoms with van der Waals surface area (Å²) in [4.78, 5) is 3.66. The number of aryl methyl sites for hydroxylation is 1. The molecule has 3 aromatic carbocycles. The van der Waals surface area contributed by atoms with Crippen molar-refractivity contribution >= 4 is 29.1 Å². The van der Waals surface area contributed by atoms with Crippen LogP contribution in [-0.2, 0) is 12.8 Å². The van der Waals surface area contributed by atoms with Gasteiger partial charge in [-0.1, -0.05) is 62.3 Å². The Labute approximate surface area is 205 Å². The van der Waals surface area contributed by atoms with Gasteiger partial charge in [-0.3, -0.25) is 0 Å². The molecule has 1 aliphatic carbocycles. The molecule has 0 heterocycles. The highest BCUT2D eigenvalue weighted by atomic mass is 32.1. The monoisotopic (exact) mass is 469 g/mol. The van der Waals surface area contributed by atoms with Gasteiger partial charge in [-0.2, -0.15) is 4.99 Å². The van der Waals surface area contributed by atoms with Gasteiger partial charge in [0.25, 0.3) is 0 Å². The van der Waals surface area contributed by atoms with Crippen LogP contribution in [-0.4, -0.2) is 5.16 Å². The van der Waals surface area contributed by atoms with Crippen LogP contribution in [0.2, 0.25) is 0 Å². The Hall–Kier alpha value is -3.38. The second kappa shape index (κ2) is 11.2. The Morgan fingerprint density at radius 1 is 0.912 bits per heavy atom. The van der Waals surface area contributed by atoms with E-state index in [0.29, 0.717) is 12.0 Å². The summed E-state index contributed by atoms with van der Waals surface area (Å²) < 4.78 is 29.2. The molecule has 0 saturated carbocycles. The number of hydrogen-bond acceptors (Lipinski definition) is 2. The Bertz CT molecular complexity index is 1310. The van der Waals surface area contributed by atoms with Crippen molar-refractivity contribution in [3.05, 3.63) is 94.1 Å². The first-order valence-corrected chi connectivity index (χ1v) is 12.0. The molecule has 0 unspecified atom stereocenters. The lowest BCUT2D eigenvalue weighted by Gasteiger charge is -2.08. The van der Waals surface area contributed by atoms with Crippen LogP contribution in [0.15, 0.2) is 65.2 Å². The van der Waals surface area contributed by atoms with Crippen molar-refractivity contribution in [2.45, 2.75) is 45.4 Å². The maximum Gasteiger partial charge on any atom is 0.136 e. The minimum absolute atomic E-state index is 0.0690. The van der Waals surface area contributed by atoms with E-state index in [2.05, 4.69) is 65.4 Å². The van der Waals surface area contributed by atoms with Gasteiger partial charge in [0.2, 0.25) is 0 Å². The number of halogens is 2. The SMILES string of the molecule is CCCCCCc1ccc(C#CC2=Cc3ccc(-c4c(F)cc(N=C=S)cc4F)cc3C2)cc1. The summed E-state index contributed by atoms with van der Waals surface area (Å²) >= 11 is 4.52. The minimum atomic E-state index is -0.677. The van der Waals surface area contributed by atoms with Crippen molar-refractivity contribution in [2.75, 3.05) is 0 Å². The number of nitrogens with zero attached hydrogens (tertiary/aromatic N) is 1. The number of fused-ring (bicyclic) bond motifs is 1. The number of benzene rings is 3. The molecule has 0 amide bonds. The Kier molecular flexibility index (Phi) is 7.80. The molecule has 1 nitrogen and oxygen atoms in total. The maximum absolute atomic E-state index is 14.6. The van der Waals surface area contributed by atoms with E-state index in [1.54, 1.807) is 6.07 Å². The van der Waals surface area contributed by atoms with E-state index in [1.807, 2.05) is 18.2 Å². The van der Waals surface area contributed by atoms with Crippen molar-refractivity contribution in [1.82, 2.24) is 0 Å². The number of hydrogen-bond donors (Lipinski definition) is 0. The van der Waals surface area contributed by atoms with Gasteiger partial charge >= 0.3 is 0 Å². The molecule has 34 heavy (non-hydrogen) atoms. The summed E-state index contributed by atoms with van der Waals surface area (Å²) in [5.41, 5.74) is 5.88. The summed E-state index contributed by atoms with van der Waals surface area (Å²) in [6.45, 7) is 2.22. The van der Waals surface area contributed by atoms with Crippen molar-refractivity contribution in [1.29, 1.82) is 0 Å². The largest absolute Gasteiger partial charge is 0.206 e. The standard InChI is InChI=1S/C30H25F2NS/c1-2-3-4-5-6-21-7-9-22(10-8-21)11-12-23-15-24-13-14-25(17-26(24)16-23)30-28(31)18-27(33-20-34)19-29(30)32/h7-10,13-15,17-19H,2-6,16H2,1H3. The number of rotatable bonds is 7. The number of unbranched alkanes of at least 4 members (excludes halogenated alkanes) is 3. The van der Waals surface area contributed by atoms with Crippen LogP contribution in [0.4, 0.5) is 14.5 Å². The summed E-state index contributed by atoms with van der Waals surface area (Å²) in [7, 11) is 0. The van der Waals surface area contributed by atoms with Crippen LogP contribution >= 0.6 is 12.2 Å². The van der Waals surface area contributed by atoms with Gasteiger partial charge in [-0.15, -0.1) is 0 Å². The smallest absolute Gasteiger partial charge is 0.136 e. The third kappa shape index (κ3) is 5.75. The van der Waals surface area contributed by atoms with Crippen LogP contribution < -0.4 is 0 Å². The normalized spacial score (nSPS) is 11.8. The molecule has 4 heteroatoms. The first-order valence-electron chi connectivity index (χ1n) is 11.6. The summed E-state index contributed by atoms with van der Waals surface area (Å²) in [5, 5.41) is 2.13. The molecule has 0 saturated heterocycles. The molecule has 0 aliphatic heterocycles. The molecule has 0 atom stereocenters. The molecular weight excluding hydrogens is 444 g/mol. The maximum atomic E-state index is 14.6. The second-order valence-corrected chi connectivity index (χ2v) is 8.69. The number of thiocarbonyl (C=S) groups is 1. The van der Waals surface area contributed by atoms with Crippen molar-refractivity contribution in [3.8, 4) is 23.0 Å². The quantitative estimate of drug-likeness (QED) is 0.146. The predicted octanol–water partition coefficient (Wildman–Crippen LogP) is 8.48. The number of isothiocyanates is 1. The lowest BCUT2D eigenvalue weighted by Crippen LogP contribution is -1.92. The van der Waals surface area contributed by atoms with Gasteiger partial charge in [0, 0.05) is 29.7 Å². The van der Waals surface area contributed by atoms with Gasteiger partial charge in [0.1, 0.15) is 11.6 Å². The highest BCUT2D eigenvalue weighted by Crippen LogP contribution is 2.34. The van der Waals surface area contributed by atoms with Crippen LogP contribution in [0, 0.1) is 23.5 Å². The Morgan fingerprint density at radius 3 is 2.38 bits per heavy atom. The fourth-order valence-corrected chi connectivity index (χ4v) is 4.30. The minimum Gasteiger partial charge on any atom is -0.206 e. The van der Waals surface area contributed by atoms with E-state index >= 15 is 0 Å². The van der Waals surface area contributed by atoms with Crippen LogP contribution in [0.25, 0.3) is 17.2 Å². The second-order valence-electron chi connectivity index (χ2n) is 8.51. The van der Waals surface area contributed by atoms with Crippen LogP contribution in [0.1, 0.15) is 54.9 Å². The van der Waals surface area contributed by atoms with E-state index in [1.165, 1.54) is 31.2 Å². The molecule has 0 N–H and O–H groups in total. The lowest BCUT2D eigenvalue weighted by molar-refractivity contribution is 0.590. The van der Waals surface area contributed by atoms with E-state index in [-0.39, 0.29) is 11.3 Å². The van der Waals surface area contributed by atoms with Crippen molar-refractivity contribution in [3.63, 3.8) is 0 Å². The van der Waals surface area contributed by atoms with Gasteiger partial charge in [-0.25, -0.2) is 8.78 Å². The van der Waals surface area contributed by atoms with Crippen molar-refractivity contribution in [2.24, 2.45) is 4.99 Å². The lowest BCUT2D eigenvalue weighted by atomic mass is 9.99. The van der Waals surface area contributed by atoms with Gasteiger partial charge in [0.05, 0.1) is 16.4 Å². The summed E-state index contributed by atoms with van der Waals surface area (Å²) in [5.74, 6) is 5.15. The third-order valence-electron chi connectivity index (χ3n) is 5.98. The molecule has 0 fully saturated rings. The van der Waals surface area contributed by atoms with E-state index in [4.69, 9.17) is 0 Å². The average molecular weight is 470 g/mol. The molecule has 0 spiro atoms. The van der Waals surface area contributed by atoms with Gasteiger partial charge < -0.3 is 0 Å². The topological polar surface area (TPSA) is 12.4 Å². The highest BCUT2D eigenvalue weighted by Gasteiger charge is 2.17. The molecule has 0 aromatic heterocycles. The van der Waals surface area contributed by atoms with Crippen molar-refractivity contribution < 1.29 is 8.78 Å². The predicted molar refractivity (Wildman–Crippen MR) is 139 cm³/mol. The molecule has 1 aliphatic rings. The summed E-state index contributed by atoms with van der Waals surface area (Å²) in [6.07, 6.45) is 8.84. The fraction of sp³-hybridized carbons (Fsp3) is 0.233. The first kappa shape index (κ1) is 23.8. The molecular formula is C30H25F2NS. The zero-order valence-electron chi connectivity index (χ0n) is 19.1. The van der Waals surface area contributed by atoms with Gasteiger partial charge in [0.15, 0.2) is 0 Å². The zero-order chi connectivity index (χ0) is 23.9. The van der Waals surface area contributed by atoms with Crippen LogP contribution in [0.3, 0.4) is 0 Å². The molecule has 0 radical (unpaired) electrons. The third-order valence-corrected chi connectivity index (χ3v) is 6.08. The number of allylic oxidation sites excluding steroid dienone is 1. The Balaban J connectivity index is 1.45. The van der Waals surface area contributed by atoms with E-state index in [9.17, 15) is 8.78 Å². The molecule has 0 bridgehead atoms. The highest BCUT2D eigenvalue weighted by molar-refractivity contribution is 7.78. The molecule has 4 rings (SSSR count). The van der Waals surface area contributed by atoms with Crippen LogP contribution in [0.5, 0.6) is 0 Å².